The van der Waals surface area contributed by atoms with Gasteiger partial charge in [0.05, 0.1) is 19.0 Å². The van der Waals surface area contributed by atoms with Crippen LogP contribution < -0.4 is 11.3 Å². The molecule has 1 aliphatic rings. The van der Waals surface area contributed by atoms with Gasteiger partial charge >= 0.3 is 23.5 Å². The van der Waals surface area contributed by atoms with E-state index in [1.54, 1.807) is 0 Å². The second-order valence-corrected chi connectivity index (χ2v) is 10.4. The van der Waals surface area contributed by atoms with Crippen molar-refractivity contribution < 1.29 is 51.2 Å². The maximum atomic E-state index is 11.8. The normalized spacial score (nSPS) is 24.0. The molecule has 4 atom stereocenters. The van der Waals surface area contributed by atoms with E-state index in [9.17, 15) is 23.4 Å². The number of nitrogens with two attached hydrogens (primary N) is 1. The number of H-pyrrole nitrogens is 1. The molecule has 0 amide bonds. The Morgan fingerprint density at radius 2 is 1.90 bits per heavy atom. The number of hydrogen-bond acceptors (Lipinski definition) is 11. The molecule has 17 nitrogen and oxygen atoms in total. The van der Waals surface area contributed by atoms with Gasteiger partial charge in [0.1, 0.15) is 6.23 Å². The Morgan fingerprint density at radius 1 is 1.20 bits per heavy atom. The van der Waals surface area contributed by atoms with Gasteiger partial charge in [-0.25, -0.2) is 18.7 Å². The highest BCUT2D eigenvalue weighted by molar-refractivity contribution is 7.66. The highest BCUT2D eigenvalue weighted by atomic mass is 31.3. The van der Waals surface area contributed by atoms with Crippen molar-refractivity contribution in [3.8, 4) is 0 Å². The van der Waals surface area contributed by atoms with E-state index < -0.39 is 48.0 Å². The lowest BCUT2D eigenvalue weighted by molar-refractivity contribution is -0.0205. The Kier molecular flexibility index (Phi) is 6.35. The van der Waals surface area contributed by atoms with Crippen molar-refractivity contribution in [1.29, 1.82) is 0 Å². The van der Waals surface area contributed by atoms with Crippen LogP contribution in [0.4, 0.5) is 5.95 Å². The van der Waals surface area contributed by atoms with E-state index in [0.29, 0.717) is 12.8 Å². The molecule has 0 saturated carbocycles. The number of ether oxygens (including phenoxy) is 1. The number of nitrogens with one attached hydrogen (secondary N) is 1. The zero-order valence-corrected chi connectivity index (χ0v) is 17.4. The maximum absolute atomic E-state index is 11.8. The van der Waals surface area contributed by atoms with Gasteiger partial charge in [-0.05, 0) is 12.8 Å². The minimum atomic E-state index is -5.59. The summed E-state index contributed by atoms with van der Waals surface area (Å²) in [6.45, 7) is -0.580. The molecule has 2 aromatic rings. The van der Waals surface area contributed by atoms with E-state index in [1.165, 1.54) is 10.9 Å². The van der Waals surface area contributed by atoms with Crippen LogP contribution >= 0.6 is 23.5 Å². The van der Waals surface area contributed by atoms with Crippen LogP contribution in [0, 0.1) is 0 Å². The third-order valence-electron chi connectivity index (χ3n) is 3.69. The molecule has 0 spiro atoms. The first-order valence-corrected chi connectivity index (χ1v) is 12.4. The zero-order valence-electron chi connectivity index (χ0n) is 14.7. The average Bonchev–Trinajstić information content (AvgIpc) is 3.15. The first-order chi connectivity index (χ1) is 13.7. The number of aromatic nitrogens is 4. The molecule has 1 fully saturated rings. The van der Waals surface area contributed by atoms with Crippen LogP contribution in [0.1, 0.15) is 19.1 Å². The van der Waals surface area contributed by atoms with Crippen LogP contribution in [0.3, 0.4) is 0 Å². The van der Waals surface area contributed by atoms with E-state index in [2.05, 4.69) is 28.1 Å². The van der Waals surface area contributed by atoms with Crippen molar-refractivity contribution in [3.05, 3.63) is 16.7 Å². The topological polar surface area (TPSA) is 259 Å². The summed E-state index contributed by atoms with van der Waals surface area (Å²) in [5, 5.41) is 0. The summed E-state index contributed by atoms with van der Waals surface area (Å²) in [5.41, 5.74) is 5.17. The minimum Gasteiger partial charge on any atom is -0.369 e. The van der Waals surface area contributed by atoms with E-state index >= 15 is 0 Å². The number of nitrogen functional groups attached to an aromatic ring is 1. The predicted molar refractivity (Wildman–Crippen MR) is 95.5 cm³/mol. The maximum Gasteiger partial charge on any atom is 0.490 e. The molecule has 3 heterocycles. The van der Waals surface area contributed by atoms with Crippen molar-refractivity contribution in [2.75, 3.05) is 12.3 Å². The third kappa shape index (κ3) is 5.81. The van der Waals surface area contributed by atoms with Crippen LogP contribution in [0.2, 0.25) is 0 Å². The van der Waals surface area contributed by atoms with Gasteiger partial charge in [-0.3, -0.25) is 18.9 Å². The fourth-order valence-electron chi connectivity index (χ4n) is 2.65. The van der Waals surface area contributed by atoms with Crippen molar-refractivity contribution in [3.63, 3.8) is 0 Å². The molecule has 168 valence electrons. The molecule has 1 aliphatic heterocycles. The van der Waals surface area contributed by atoms with Crippen molar-refractivity contribution >= 4 is 40.6 Å². The fraction of sp³-hybridized carbons (Fsp3) is 0.500. The monoisotopic (exact) mass is 491 g/mol. The number of fused-ring (bicyclic) bond motifs is 1. The number of phosphoric ester groups is 1. The smallest absolute Gasteiger partial charge is 0.369 e. The van der Waals surface area contributed by atoms with Gasteiger partial charge in [0.2, 0.25) is 5.95 Å². The molecule has 2 unspecified atom stereocenters. The quantitative estimate of drug-likeness (QED) is 0.260. The lowest BCUT2D eigenvalue weighted by atomic mass is 10.2. The van der Waals surface area contributed by atoms with Crippen LogP contribution in [0.25, 0.3) is 11.2 Å². The summed E-state index contributed by atoms with van der Waals surface area (Å²) in [6.07, 6.45) is 0.528. The molecule has 7 N–H and O–H groups in total. The molecular formula is C10H16N5O12P3. The number of aromatic amines is 1. The van der Waals surface area contributed by atoms with Crippen LogP contribution in [-0.2, 0) is 31.6 Å². The van der Waals surface area contributed by atoms with Gasteiger partial charge in [-0.2, -0.15) is 13.6 Å². The molecule has 3 rings (SSSR count). The van der Waals surface area contributed by atoms with Crippen LogP contribution in [0.5, 0.6) is 0 Å². The fourth-order valence-corrected chi connectivity index (χ4v) is 5.70. The Balaban J connectivity index is 1.62. The first-order valence-electron chi connectivity index (χ1n) is 7.91. The van der Waals surface area contributed by atoms with Gasteiger partial charge in [0.15, 0.2) is 11.2 Å². The highest BCUT2D eigenvalue weighted by Crippen LogP contribution is 2.66. The summed E-state index contributed by atoms with van der Waals surface area (Å²) in [6, 6.07) is 0. The molecule has 0 aromatic carbocycles. The van der Waals surface area contributed by atoms with Gasteiger partial charge in [0.25, 0.3) is 5.56 Å². The second kappa shape index (κ2) is 8.22. The Labute approximate surface area is 166 Å². The van der Waals surface area contributed by atoms with Gasteiger partial charge < -0.3 is 30.0 Å². The van der Waals surface area contributed by atoms with E-state index in [0.717, 1.165) is 0 Å². The molecule has 20 heteroatoms. The van der Waals surface area contributed by atoms with Crippen LogP contribution in [0.15, 0.2) is 11.1 Å². The Hall–Kier alpha value is -1.48. The first kappa shape index (κ1) is 23.2. The van der Waals surface area contributed by atoms with Gasteiger partial charge in [-0.15, -0.1) is 0 Å². The lowest BCUT2D eigenvalue weighted by Gasteiger charge is -2.18. The second-order valence-electron chi connectivity index (χ2n) is 5.95. The Bertz CT molecular complexity index is 1140. The highest BCUT2D eigenvalue weighted by Gasteiger charge is 2.41. The SMILES string of the molecule is Nc1nc2c(ncn2[C@@H]2CC[C@@H](COP(=O)(O)OP(=O)(O)OP(=O)(O)O)O2)c(=O)[nH]1. The number of hydrogen-bond donors (Lipinski definition) is 6. The molecule has 0 aliphatic carbocycles. The molecule has 2 aromatic heterocycles. The Morgan fingerprint density at radius 3 is 2.57 bits per heavy atom. The molecule has 30 heavy (non-hydrogen) atoms. The van der Waals surface area contributed by atoms with Gasteiger partial charge in [-0.1, -0.05) is 0 Å². The number of phosphoric acid groups is 3. The van der Waals surface area contributed by atoms with E-state index in [-0.39, 0.29) is 17.1 Å². The zero-order chi connectivity index (χ0) is 22.3. The molecule has 0 bridgehead atoms. The molecule has 1 saturated heterocycles. The largest absolute Gasteiger partial charge is 0.490 e. The van der Waals surface area contributed by atoms with E-state index in [4.69, 9.17) is 25.2 Å². The van der Waals surface area contributed by atoms with Crippen LogP contribution in [-0.4, -0.2) is 51.8 Å². The number of anilines is 1. The summed E-state index contributed by atoms with van der Waals surface area (Å²) in [7, 11) is -16.3. The summed E-state index contributed by atoms with van der Waals surface area (Å²) >= 11 is 0. The number of imidazole rings is 1. The molecule has 0 radical (unpaired) electrons. The van der Waals surface area contributed by atoms with Crippen molar-refractivity contribution in [2.24, 2.45) is 0 Å². The number of nitrogens with zero attached hydrogens (tertiary/aromatic N) is 3. The third-order valence-corrected chi connectivity index (χ3v) is 7.49. The van der Waals surface area contributed by atoms with Crippen molar-refractivity contribution in [1.82, 2.24) is 19.5 Å². The van der Waals surface area contributed by atoms with E-state index in [1.807, 2.05) is 0 Å². The summed E-state index contributed by atoms with van der Waals surface area (Å²) < 4.78 is 52.5. The van der Waals surface area contributed by atoms with Gasteiger partial charge in [0, 0.05) is 0 Å². The summed E-state index contributed by atoms with van der Waals surface area (Å²) in [4.78, 5) is 57.6. The number of rotatable bonds is 8. The minimum absolute atomic E-state index is 0.0320. The average molecular weight is 491 g/mol. The lowest BCUT2D eigenvalue weighted by Crippen LogP contribution is -2.17. The van der Waals surface area contributed by atoms with Crippen molar-refractivity contribution in [2.45, 2.75) is 25.2 Å². The standard InChI is InChI=1S/C10H16N5O12P3/c11-10-13-8-7(9(16)14-10)12-4-15(8)6-2-1-5(25-6)3-24-29(20,21)27-30(22,23)26-28(17,18)19/h4-6H,1-3H2,(H,20,21)(H,22,23)(H2,17,18,19)(H3,11,13,14,16)/t5-,6-/m0/s1. The molecular weight excluding hydrogens is 475 g/mol. The summed E-state index contributed by atoms with van der Waals surface area (Å²) in [5.74, 6) is -0.128. The predicted octanol–water partition coefficient (Wildman–Crippen LogP) is -0.277.